The predicted molar refractivity (Wildman–Crippen MR) is 120 cm³/mol. The van der Waals surface area contributed by atoms with Gasteiger partial charge in [-0.3, -0.25) is 4.79 Å². The maximum atomic E-state index is 12.7. The van der Waals surface area contributed by atoms with Gasteiger partial charge in [0.05, 0.1) is 5.56 Å². The first-order valence-electron chi connectivity index (χ1n) is 10.2. The van der Waals surface area contributed by atoms with Crippen LogP contribution in [0.3, 0.4) is 0 Å². The number of rotatable bonds is 4. The maximum Gasteiger partial charge on any atom is 0.231 e. The lowest BCUT2D eigenvalue weighted by Crippen LogP contribution is -2.10. The van der Waals surface area contributed by atoms with Gasteiger partial charge in [0.1, 0.15) is 18.1 Å². The molecule has 1 heterocycles. The van der Waals surface area contributed by atoms with Crippen molar-refractivity contribution in [3.63, 3.8) is 0 Å². The molecule has 3 heteroatoms. The third-order valence-electron chi connectivity index (χ3n) is 5.24. The minimum atomic E-state index is -0.102. The summed E-state index contributed by atoms with van der Waals surface area (Å²) in [6.45, 7) is 9.07. The van der Waals surface area contributed by atoms with Crippen molar-refractivity contribution >= 4 is 11.9 Å². The van der Waals surface area contributed by atoms with Crippen LogP contribution in [0.4, 0.5) is 0 Å². The monoisotopic (exact) mass is 398 g/mol. The zero-order valence-corrected chi connectivity index (χ0v) is 17.9. The van der Waals surface area contributed by atoms with E-state index in [-0.39, 0.29) is 11.2 Å². The zero-order valence-electron chi connectivity index (χ0n) is 17.9. The molecule has 0 saturated carbocycles. The summed E-state index contributed by atoms with van der Waals surface area (Å²) >= 11 is 0. The normalized spacial score (nSPS) is 14.5. The van der Waals surface area contributed by atoms with E-state index in [0.717, 1.165) is 11.1 Å². The molecule has 0 N–H and O–H groups in total. The number of hydrogen-bond donors (Lipinski definition) is 0. The number of ketones is 1. The Morgan fingerprint density at radius 1 is 0.933 bits per heavy atom. The van der Waals surface area contributed by atoms with Gasteiger partial charge in [-0.1, -0.05) is 74.9 Å². The molecule has 0 amide bonds. The highest BCUT2D eigenvalue weighted by molar-refractivity contribution is 6.14. The summed E-state index contributed by atoms with van der Waals surface area (Å²) in [7, 11) is 0. The van der Waals surface area contributed by atoms with E-state index in [4.69, 9.17) is 9.47 Å². The van der Waals surface area contributed by atoms with Gasteiger partial charge in [0.15, 0.2) is 5.76 Å². The van der Waals surface area contributed by atoms with Crippen LogP contribution in [0.5, 0.6) is 11.5 Å². The summed E-state index contributed by atoms with van der Waals surface area (Å²) in [4.78, 5) is 12.7. The third-order valence-corrected chi connectivity index (χ3v) is 5.24. The van der Waals surface area contributed by atoms with Crippen molar-refractivity contribution in [2.45, 2.75) is 39.7 Å². The molecular weight excluding hydrogens is 372 g/mol. The van der Waals surface area contributed by atoms with Gasteiger partial charge in [-0.25, -0.2) is 0 Å². The highest BCUT2D eigenvalue weighted by Gasteiger charge is 2.27. The molecule has 0 bridgehead atoms. The standard InChI is InChI=1S/C27H26O3/c1-18-5-7-20(8-6-18)17-29-22-13-14-23-24(16-22)30-25(26(23)28)15-19-9-11-21(12-10-19)27(2,3)4/h5-16H,17H2,1-4H3. The molecule has 0 radical (unpaired) electrons. The largest absolute Gasteiger partial charge is 0.489 e. The molecule has 0 atom stereocenters. The summed E-state index contributed by atoms with van der Waals surface area (Å²) in [5.41, 5.74) is 5.16. The molecule has 30 heavy (non-hydrogen) atoms. The van der Waals surface area contributed by atoms with Crippen LogP contribution < -0.4 is 9.47 Å². The summed E-state index contributed by atoms with van der Waals surface area (Å²) in [5, 5.41) is 0. The van der Waals surface area contributed by atoms with Gasteiger partial charge in [-0.05, 0) is 47.2 Å². The van der Waals surface area contributed by atoms with Crippen molar-refractivity contribution in [1.29, 1.82) is 0 Å². The number of Topliss-reactive ketones (excluding diaryl/α,β-unsaturated/α-hetero) is 1. The maximum absolute atomic E-state index is 12.7. The van der Waals surface area contributed by atoms with Crippen LogP contribution in [0, 0.1) is 6.92 Å². The molecule has 1 aliphatic heterocycles. The Morgan fingerprint density at radius 3 is 2.30 bits per heavy atom. The number of hydrogen-bond acceptors (Lipinski definition) is 3. The molecular formula is C27H26O3. The molecule has 3 aromatic rings. The molecule has 152 valence electrons. The van der Waals surface area contributed by atoms with Crippen LogP contribution >= 0.6 is 0 Å². The summed E-state index contributed by atoms with van der Waals surface area (Å²) < 4.78 is 11.7. The highest BCUT2D eigenvalue weighted by Crippen LogP contribution is 2.35. The number of fused-ring (bicyclic) bond motifs is 1. The number of benzene rings is 3. The lowest BCUT2D eigenvalue weighted by molar-refractivity contribution is 0.101. The topological polar surface area (TPSA) is 35.5 Å². The second kappa shape index (κ2) is 7.83. The second-order valence-corrected chi connectivity index (χ2v) is 8.74. The highest BCUT2D eigenvalue weighted by atomic mass is 16.5. The van der Waals surface area contributed by atoms with E-state index in [0.29, 0.717) is 29.4 Å². The Hall–Kier alpha value is -3.33. The van der Waals surface area contributed by atoms with Crippen molar-refractivity contribution in [2.24, 2.45) is 0 Å². The van der Waals surface area contributed by atoms with Crippen LogP contribution in [0.15, 0.2) is 72.5 Å². The van der Waals surface area contributed by atoms with Gasteiger partial charge < -0.3 is 9.47 Å². The molecule has 0 unspecified atom stereocenters. The fraction of sp³-hybridized carbons (Fsp3) is 0.222. The van der Waals surface area contributed by atoms with Crippen LogP contribution in [-0.2, 0) is 12.0 Å². The number of ether oxygens (including phenoxy) is 2. The first kappa shape index (κ1) is 20.0. The van der Waals surface area contributed by atoms with Gasteiger partial charge in [0.2, 0.25) is 5.78 Å². The Bertz CT molecular complexity index is 1100. The van der Waals surface area contributed by atoms with Gasteiger partial charge >= 0.3 is 0 Å². The Kier molecular flexibility index (Phi) is 5.21. The lowest BCUT2D eigenvalue weighted by Gasteiger charge is -2.18. The zero-order chi connectivity index (χ0) is 21.3. The first-order valence-corrected chi connectivity index (χ1v) is 10.2. The fourth-order valence-electron chi connectivity index (χ4n) is 3.34. The van der Waals surface area contributed by atoms with E-state index >= 15 is 0 Å². The summed E-state index contributed by atoms with van der Waals surface area (Å²) in [6.07, 6.45) is 1.79. The summed E-state index contributed by atoms with van der Waals surface area (Å²) in [6, 6.07) is 21.8. The average Bonchev–Trinajstić information content (AvgIpc) is 3.02. The van der Waals surface area contributed by atoms with E-state index in [1.54, 1.807) is 18.2 Å². The Labute approximate surface area is 178 Å². The second-order valence-electron chi connectivity index (χ2n) is 8.74. The summed E-state index contributed by atoms with van der Waals surface area (Å²) in [5.74, 6) is 1.45. The minimum Gasteiger partial charge on any atom is -0.489 e. The van der Waals surface area contributed by atoms with Crippen molar-refractivity contribution in [1.82, 2.24) is 0 Å². The van der Waals surface area contributed by atoms with Crippen LogP contribution in [-0.4, -0.2) is 5.78 Å². The molecule has 4 rings (SSSR count). The van der Waals surface area contributed by atoms with E-state index in [9.17, 15) is 4.79 Å². The number of carbonyl (C=O) groups excluding carboxylic acids is 1. The van der Waals surface area contributed by atoms with Crippen molar-refractivity contribution in [3.05, 3.63) is 100 Å². The first-order chi connectivity index (χ1) is 14.3. The Balaban J connectivity index is 1.48. The quantitative estimate of drug-likeness (QED) is 0.471. The molecule has 3 nitrogen and oxygen atoms in total. The molecule has 0 fully saturated rings. The van der Waals surface area contributed by atoms with E-state index in [1.165, 1.54) is 11.1 Å². The van der Waals surface area contributed by atoms with Crippen molar-refractivity contribution < 1.29 is 14.3 Å². The minimum absolute atomic E-state index is 0.0938. The van der Waals surface area contributed by atoms with Gasteiger partial charge in [0.25, 0.3) is 0 Å². The van der Waals surface area contributed by atoms with Crippen molar-refractivity contribution in [2.75, 3.05) is 0 Å². The number of allylic oxidation sites excluding steroid dienone is 1. The van der Waals surface area contributed by atoms with Crippen molar-refractivity contribution in [3.8, 4) is 11.5 Å². The molecule has 3 aromatic carbocycles. The van der Waals surface area contributed by atoms with Gasteiger partial charge in [0, 0.05) is 6.07 Å². The van der Waals surface area contributed by atoms with Gasteiger partial charge in [-0.2, -0.15) is 0 Å². The van der Waals surface area contributed by atoms with Crippen LogP contribution in [0.1, 0.15) is 53.4 Å². The SMILES string of the molecule is Cc1ccc(COc2ccc3c(c2)OC(=Cc2ccc(C(C)(C)C)cc2)C3=O)cc1. The molecule has 0 aromatic heterocycles. The van der Waals surface area contributed by atoms with Gasteiger partial charge in [-0.15, -0.1) is 0 Å². The number of carbonyl (C=O) groups is 1. The third kappa shape index (κ3) is 4.30. The molecule has 1 aliphatic rings. The van der Waals surface area contributed by atoms with Crippen LogP contribution in [0.2, 0.25) is 0 Å². The lowest BCUT2D eigenvalue weighted by atomic mass is 9.86. The molecule has 0 aliphatic carbocycles. The average molecular weight is 399 g/mol. The predicted octanol–water partition coefficient (Wildman–Crippen LogP) is 6.49. The molecule has 0 saturated heterocycles. The van der Waals surface area contributed by atoms with Crippen LogP contribution in [0.25, 0.3) is 6.08 Å². The van der Waals surface area contributed by atoms with E-state index in [1.807, 2.05) is 18.2 Å². The molecule has 0 spiro atoms. The smallest absolute Gasteiger partial charge is 0.231 e. The fourth-order valence-corrected chi connectivity index (χ4v) is 3.34. The van der Waals surface area contributed by atoms with E-state index in [2.05, 4.69) is 64.1 Å². The van der Waals surface area contributed by atoms with E-state index < -0.39 is 0 Å². The Morgan fingerprint density at radius 2 is 1.63 bits per heavy atom. The number of aryl methyl sites for hydroxylation is 1.